The van der Waals surface area contributed by atoms with Gasteiger partial charge in [-0.15, -0.1) is 0 Å². The van der Waals surface area contributed by atoms with Crippen LogP contribution in [0.2, 0.25) is 0 Å². The van der Waals surface area contributed by atoms with Gasteiger partial charge in [0.1, 0.15) is 0 Å². The van der Waals surface area contributed by atoms with Crippen molar-refractivity contribution in [2.24, 2.45) is 0 Å². The molecule has 3 heterocycles. The number of amides is 1. The van der Waals surface area contributed by atoms with Gasteiger partial charge < -0.3 is 4.90 Å². The SMILES string of the molecule is C=CS(=O)(=O)NC[C@H]1CCCN1S(=O)(=O)c1ccc(C(Cc2ccccc2)C(=O)N2C3CCCC2CC3)cc1. The molecule has 0 aliphatic carbocycles. The summed E-state index contributed by atoms with van der Waals surface area (Å²) in [6, 6.07) is 16.8. The lowest BCUT2D eigenvalue weighted by Gasteiger charge is -2.37. The molecule has 3 fully saturated rings. The number of sulfonamides is 2. The summed E-state index contributed by atoms with van der Waals surface area (Å²) in [7, 11) is -7.48. The maximum Gasteiger partial charge on any atom is 0.243 e. The fraction of sp³-hybridized carbons (Fsp3) is 0.483. The van der Waals surface area contributed by atoms with Crippen molar-refractivity contribution in [2.75, 3.05) is 13.1 Å². The first-order valence-electron chi connectivity index (χ1n) is 13.8. The van der Waals surface area contributed by atoms with E-state index in [0.29, 0.717) is 37.9 Å². The standard InChI is InChI=1S/C29H37N3O5S2/c1-2-38(34,35)30-21-26-12-7-19-31(26)39(36,37)27-17-13-23(14-18-27)28(20-22-8-4-3-5-9-22)29(33)32-24-10-6-11-25(32)16-15-24/h2-5,8-9,13-14,17-18,24-26,28,30H,1,6-7,10-12,15-16,19-21H2/t24?,25?,26-,28?/m1/s1. The summed E-state index contributed by atoms with van der Waals surface area (Å²) in [6.45, 7) is 3.61. The maximum absolute atomic E-state index is 14.0. The van der Waals surface area contributed by atoms with Crippen LogP contribution in [0.15, 0.2) is 71.5 Å². The summed E-state index contributed by atoms with van der Waals surface area (Å²) in [5.74, 6) is -0.256. The van der Waals surface area contributed by atoms with Crippen molar-refractivity contribution in [1.82, 2.24) is 13.9 Å². The monoisotopic (exact) mass is 571 g/mol. The van der Waals surface area contributed by atoms with Crippen LogP contribution in [0.3, 0.4) is 0 Å². The molecule has 4 atom stereocenters. The lowest BCUT2D eigenvalue weighted by molar-refractivity contribution is -0.137. The van der Waals surface area contributed by atoms with Crippen LogP contribution in [0.5, 0.6) is 0 Å². The van der Waals surface area contributed by atoms with Gasteiger partial charge in [0.25, 0.3) is 0 Å². The van der Waals surface area contributed by atoms with Crippen LogP contribution in [0.4, 0.5) is 0 Å². The van der Waals surface area contributed by atoms with Crippen LogP contribution in [-0.4, -0.2) is 63.2 Å². The van der Waals surface area contributed by atoms with E-state index < -0.39 is 32.0 Å². The molecule has 5 rings (SSSR count). The molecule has 2 aromatic carbocycles. The van der Waals surface area contributed by atoms with E-state index in [1.807, 2.05) is 30.3 Å². The third-order valence-corrected chi connectivity index (χ3v) is 11.5. The highest BCUT2D eigenvalue weighted by Gasteiger charge is 2.42. The molecule has 10 heteroatoms. The van der Waals surface area contributed by atoms with Crippen molar-refractivity contribution in [3.8, 4) is 0 Å². The number of carbonyl (C=O) groups is 1. The lowest BCUT2D eigenvalue weighted by Crippen LogP contribution is -2.46. The molecule has 0 radical (unpaired) electrons. The first-order chi connectivity index (χ1) is 18.7. The molecule has 1 amide bonds. The van der Waals surface area contributed by atoms with E-state index in [0.717, 1.165) is 42.2 Å². The number of nitrogens with zero attached hydrogens (tertiary/aromatic N) is 2. The van der Waals surface area contributed by atoms with E-state index in [9.17, 15) is 21.6 Å². The predicted molar refractivity (Wildman–Crippen MR) is 151 cm³/mol. The first-order valence-corrected chi connectivity index (χ1v) is 16.8. The van der Waals surface area contributed by atoms with E-state index in [1.165, 1.54) is 10.7 Å². The Morgan fingerprint density at radius 3 is 2.23 bits per heavy atom. The number of hydrogen-bond acceptors (Lipinski definition) is 5. The van der Waals surface area contributed by atoms with Gasteiger partial charge in [-0.2, -0.15) is 4.31 Å². The average Bonchev–Trinajstić information content (AvgIpc) is 3.53. The molecule has 3 aliphatic heterocycles. The normalized spacial score (nSPS) is 24.5. The Labute approximate surface area is 232 Å². The minimum absolute atomic E-state index is 0.00249. The highest BCUT2D eigenvalue weighted by molar-refractivity contribution is 7.92. The largest absolute Gasteiger partial charge is 0.336 e. The van der Waals surface area contributed by atoms with Gasteiger partial charge in [0.05, 0.1) is 10.8 Å². The van der Waals surface area contributed by atoms with Crippen LogP contribution in [0.25, 0.3) is 0 Å². The molecule has 2 aromatic rings. The van der Waals surface area contributed by atoms with Crippen molar-refractivity contribution in [1.29, 1.82) is 0 Å². The van der Waals surface area contributed by atoms with Crippen molar-refractivity contribution >= 4 is 26.0 Å². The van der Waals surface area contributed by atoms with Crippen LogP contribution >= 0.6 is 0 Å². The zero-order valence-electron chi connectivity index (χ0n) is 22.1. The van der Waals surface area contributed by atoms with Gasteiger partial charge >= 0.3 is 0 Å². The molecular weight excluding hydrogens is 534 g/mol. The van der Waals surface area contributed by atoms with Gasteiger partial charge in [0.15, 0.2) is 0 Å². The second-order valence-electron chi connectivity index (χ2n) is 10.8. The fourth-order valence-electron chi connectivity index (χ4n) is 6.46. The summed E-state index contributed by atoms with van der Waals surface area (Å²) < 4.78 is 54.5. The van der Waals surface area contributed by atoms with Crippen LogP contribution < -0.4 is 4.72 Å². The van der Waals surface area contributed by atoms with Gasteiger partial charge in [0, 0.05) is 36.6 Å². The zero-order valence-corrected chi connectivity index (χ0v) is 23.7. The van der Waals surface area contributed by atoms with Gasteiger partial charge in [-0.05, 0) is 74.6 Å². The molecule has 0 saturated carbocycles. The molecular formula is C29H37N3O5S2. The maximum atomic E-state index is 14.0. The number of fused-ring (bicyclic) bond motifs is 2. The summed E-state index contributed by atoms with van der Waals surface area (Å²) in [5.41, 5.74) is 1.88. The van der Waals surface area contributed by atoms with E-state index in [1.54, 1.807) is 24.3 Å². The van der Waals surface area contributed by atoms with Crippen LogP contribution in [0.1, 0.15) is 62.0 Å². The van der Waals surface area contributed by atoms with E-state index >= 15 is 0 Å². The molecule has 0 spiro atoms. The number of nitrogens with one attached hydrogen (secondary N) is 1. The third kappa shape index (κ3) is 5.99. The Balaban J connectivity index is 1.39. The van der Waals surface area contributed by atoms with Crippen molar-refractivity contribution in [2.45, 2.75) is 80.3 Å². The zero-order chi connectivity index (χ0) is 27.6. The molecule has 8 nitrogen and oxygen atoms in total. The number of benzene rings is 2. The van der Waals surface area contributed by atoms with Crippen molar-refractivity contribution in [3.63, 3.8) is 0 Å². The second kappa shape index (κ2) is 11.5. The lowest BCUT2D eigenvalue weighted by atomic mass is 9.89. The Morgan fingerprint density at radius 2 is 1.59 bits per heavy atom. The minimum atomic E-state index is -3.83. The summed E-state index contributed by atoms with van der Waals surface area (Å²) in [6.07, 6.45) is 7.18. The van der Waals surface area contributed by atoms with Gasteiger partial charge in [0.2, 0.25) is 26.0 Å². The van der Waals surface area contributed by atoms with Crippen molar-refractivity contribution in [3.05, 3.63) is 77.7 Å². The highest BCUT2D eigenvalue weighted by Crippen LogP contribution is 2.39. The van der Waals surface area contributed by atoms with Gasteiger partial charge in [-0.1, -0.05) is 49.0 Å². The average molecular weight is 572 g/mol. The predicted octanol–water partition coefficient (Wildman–Crippen LogP) is 3.77. The number of rotatable bonds is 10. The Hall–Kier alpha value is -2.53. The second-order valence-corrected chi connectivity index (χ2v) is 14.4. The summed E-state index contributed by atoms with van der Waals surface area (Å²) >= 11 is 0. The molecule has 39 heavy (non-hydrogen) atoms. The summed E-state index contributed by atoms with van der Waals surface area (Å²) in [4.78, 5) is 16.3. The van der Waals surface area contributed by atoms with Gasteiger partial charge in [-0.3, -0.25) is 4.79 Å². The molecule has 3 saturated heterocycles. The molecule has 0 aromatic heterocycles. The van der Waals surface area contributed by atoms with E-state index in [-0.39, 0.29) is 17.3 Å². The molecule has 3 aliphatic rings. The Bertz CT molecular complexity index is 1380. The minimum Gasteiger partial charge on any atom is -0.336 e. The van der Waals surface area contributed by atoms with Crippen molar-refractivity contribution < 1.29 is 21.6 Å². The number of carbonyl (C=O) groups excluding carboxylic acids is 1. The topological polar surface area (TPSA) is 104 Å². The number of piperidine rings is 1. The van der Waals surface area contributed by atoms with E-state index in [4.69, 9.17) is 0 Å². The smallest absolute Gasteiger partial charge is 0.243 e. The Morgan fingerprint density at radius 1 is 0.923 bits per heavy atom. The highest BCUT2D eigenvalue weighted by atomic mass is 32.2. The van der Waals surface area contributed by atoms with Gasteiger partial charge in [-0.25, -0.2) is 21.6 Å². The fourth-order valence-corrected chi connectivity index (χ4v) is 8.70. The third-order valence-electron chi connectivity index (χ3n) is 8.48. The van der Waals surface area contributed by atoms with Crippen LogP contribution in [-0.2, 0) is 31.3 Å². The molecule has 2 bridgehead atoms. The van der Waals surface area contributed by atoms with Crippen LogP contribution in [0, 0.1) is 0 Å². The molecule has 210 valence electrons. The quantitative estimate of drug-likeness (QED) is 0.468. The first kappa shape index (κ1) is 28.0. The van der Waals surface area contributed by atoms with E-state index in [2.05, 4.69) is 16.2 Å². The number of hydrogen-bond donors (Lipinski definition) is 1. The summed E-state index contributed by atoms with van der Waals surface area (Å²) in [5, 5.41) is 0.821. The molecule has 3 unspecified atom stereocenters. The Kier molecular flexibility index (Phi) is 8.28. The molecule has 1 N–H and O–H groups in total.